The average Bonchev–Trinajstić information content (AvgIpc) is 2.91. The second kappa shape index (κ2) is 13.6. The molecule has 0 aliphatic heterocycles. The number of unbranched alkanes of at least 4 members (excludes halogenated alkanes) is 3. The van der Waals surface area contributed by atoms with Crippen LogP contribution in [0.5, 0.6) is 0 Å². The van der Waals surface area contributed by atoms with E-state index in [0.717, 1.165) is 30.3 Å². The predicted molar refractivity (Wildman–Crippen MR) is 154 cm³/mol. The van der Waals surface area contributed by atoms with E-state index in [0.29, 0.717) is 5.56 Å². The Balaban J connectivity index is 1.14. The van der Waals surface area contributed by atoms with Crippen molar-refractivity contribution in [3.63, 3.8) is 0 Å². The van der Waals surface area contributed by atoms with Gasteiger partial charge in [0.05, 0.1) is 4.87 Å². The Morgan fingerprint density at radius 3 is 2.14 bits per heavy atom. The number of hydrogen-bond acceptors (Lipinski definition) is 0. The van der Waals surface area contributed by atoms with Crippen molar-refractivity contribution in [1.29, 1.82) is 0 Å². The van der Waals surface area contributed by atoms with Gasteiger partial charge in [-0.25, -0.2) is 4.39 Å². The molecule has 0 N–H and O–H groups in total. The third-order valence-corrected chi connectivity index (χ3v) is 8.99. The normalized spacial score (nSPS) is 24.0. The Hall–Kier alpha value is -1.86. The maximum Gasteiger partial charge on any atom is 0.131 e. The van der Waals surface area contributed by atoms with Gasteiger partial charge in [0.1, 0.15) is 5.82 Å². The summed E-state index contributed by atoms with van der Waals surface area (Å²) in [5.41, 5.74) is 4.63. The van der Waals surface area contributed by atoms with Crippen LogP contribution in [-0.4, -0.2) is 4.87 Å². The lowest BCUT2D eigenvalue weighted by molar-refractivity contribution is 0.246. The number of aryl methyl sites for hydroxylation is 2. The van der Waals surface area contributed by atoms with E-state index < -0.39 is 0 Å². The molecule has 0 saturated heterocycles. The van der Waals surface area contributed by atoms with Gasteiger partial charge in [0.25, 0.3) is 0 Å². The molecular formula is C34H44ClF. The topological polar surface area (TPSA) is 0 Å². The Labute approximate surface area is 224 Å². The minimum absolute atomic E-state index is 0.165. The highest BCUT2D eigenvalue weighted by molar-refractivity contribution is 6.25. The molecule has 0 radical (unpaired) electrons. The Bertz CT molecular complexity index is 996. The summed E-state index contributed by atoms with van der Waals surface area (Å²) in [6, 6.07) is 16.4. The predicted octanol–water partition coefficient (Wildman–Crippen LogP) is 10.5. The highest BCUT2D eigenvalue weighted by Crippen LogP contribution is 2.40. The molecule has 1 saturated carbocycles. The summed E-state index contributed by atoms with van der Waals surface area (Å²) in [5, 5.41) is 0. The van der Waals surface area contributed by atoms with Gasteiger partial charge in [0.2, 0.25) is 0 Å². The van der Waals surface area contributed by atoms with Crippen LogP contribution in [0.1, 0.15) is 101 Å². The SMILES string of the molecule is CCCCCCc1ccc(CC[C@H]2CC[C@H](CCC3(Cl)C=CC(c4ccccc4F)=CC3)CC2)cc1. The number of alkyl halides is 1. The largest absolute Gasteiger partial charge is 0.206 e. The Kier molecular flexibility index (Phi) is 10.3. The van der Waals surface area contributed by atoms with Crippen LogP contribution in [0.3, 0.4) is 0 Å². The van der Waals surface area contributed by atoms with E-state index >= 15 is 0 Å². The lowest BCUT2D eigenvalue weighted by Gasteiger charge is -2.32. The van der Waals surface area contributed by atoms with Crippen molar-refractivity contribution < 1.29 is 4.39 Å². The maximum absolute atomic E-state index is 14.1. The zero-order valence-electron chi connectivity index (χ0n) is 22.2. The molecule has 2 aromatic rings. The second-order valence-corrected chi connectivity index (χ2v) is 12.1. The fourth-order valence-corrected chi connectivity index (χ4v) is 6.24. The second-order valence-electron chi connectivity index (χ2n) is 11.3. The summed E-state index contributed by atoms with van der Waals surface area (Å²) < 4.78 is 14.1. The number of allylic oxidation sites excluding steroid dienone is 4. The molecule has 0 nitrogen and oxygen atoms in total. The first-order valence-electron chi connectivity index (χ1n) is 14.5. The van der Waals surface area contributed by atoms with Crippen LogP contribution >= 0.6 is 11.6 Å². The minimum Gasteiger partial charge on any atom is -0.206 e. The first kappa shape index (κ1) is 27.2. The fourth-order valence-electron chi connectivity index (χ4n) is 5.99. The summed E-state index contributed by atoms with van der Waals surface area (Å²) in [7, 11) is 0. The van der Waals surface area contributed by atoms with Crippen molar-refractivity contribution in [2.24, 2.45) is 11.8 Å². The van der Waals surface area contributed by atoms with Crippen LogP contribution in [0.4, 0.5) is 4.39 Å². The van der Waals surface area contributed by atoms with Gasteiger partial charge in [-0.05, 0) is 79.5 Å². The average molecular weight is 507 g/mol. The maximum atomic E-state index is 14.1. The highest BCUT2D eigenvalue weighted by atomic mass is 35.5. The van der Waals surface area contributed by atoms with Crippen molar-refractivity contribution in [3.05, 3.63) is 89.3 Å². The standard InChI is InChI=1S/C34H44ClF/c1-2-3-4-5-8-27-11-13-28(14-12-27)15-16-29-17-19-30(20-18-29)21-24-34(35)25-22-31(23-26-34)32-9-6-7-10-33(32)36/h6-7,9-14,22-23,25,29-30H,2-5,8,15-21,24,26H2,1H3/t29-,30-,34?. The molecule has 1 atom stereocenters. The molecular weight excluding hydrogens is 463 g/mol. The smallest absolute Gasteiger partial charge is 0.131 e. The van der Waals surface area contributed by atoms with E-state index in [4.69, 9.17) is 11.6 Å². The van der Waals surface area contributed by atoms with E-state index in [2.05, 4.69) is 43.3 Å². The van der Waals surface area contributed by atoms with Gasteiger partial charge in [-0.15, -0.1) is 11.6 Å². The monoisotopic (exact) mass is 506 g/mol. The quantitative estimate of drug-likeness (QED) is 0.198. The zero-order chi connectivity index (χ0) is 25.2. The molecule has 1 fully saturated rings. The number of halogens is 2. The van der Waals surface area contributed by atoms with E-state index in [-0.39, 0.29) is 10.7 Å². The van der Waals surface area contributed by atoms with Gasteiger partial charge in [-0.2, -0.15) is 0 Å². The molecule has 2 aliphatic rings. The molecule has 194 valence electrons. The van der Waals surface area contributed by atoms with Crippen LogP contribution in [0.2, 0.25) is 0 Å². The number of hydrogen-bond donors (Lipinski definition) is 0. The third kappa shape index (κ3) is 8.07. The van der Waals surface area contributed by atoms with E-state index in [1.54, 1.807) is 6.07 Å². The Morgan fingerprint density at radius 1 is 0.833 bits per heavy atom. The molecule has 4 rings (SSSR count). The van der Waals surface area contributed by atoms with Crippen molar-refractivity contribution in [2.75, 3.05) is 0 Å². The van der Waals surface area contributed by atoms with Gasteiger partial charge in [0.15, 0.2) is 0 Å². The number of benzene rings is 2. The molecule has 0 heterocycles. The van der Waals surface area contributed by atoms with Crippen LogP contribution in [0, 0.1) is 17.7 Å². The molecule has 2 aromatic carbocycles. The van der Waals surface area contributed by atoms with E-state index in [1.807, 2.05) is 18.2 Å². The molecule has 2 heteroatoms. The molecule has 1 unspecified atom stereocenters. The summed E-state index contributed by atoms with van der Waals surface area (Å²) in [4.78, 5) is -0.312. The third-order valence-electron chi connectivity index (χ3n) is 8.53. The van der Waals surface area contributed by atoms with Crippen molar-refractivity contribution in [1.82, 2.24) is 0 Å². The van der Waals surface area contributed by atoms with Crippen molar-refractivity contribution >= 4 is 17.2 Å². The first-order chi connectivity index (χ1) is 17.5. The van der Waals surface area contributed by atoms with Gasteiger partial charge in [-0.3, -0.25) is 0 Å². The molecule has 36 heavy (non-hydrogen) atoms. The van der Waals surface area contributed by atoms with Gasteiger partial charge < -0.3 is 0 Å². The van der Waals surface area contributed by atoms with E-state index in [1.165, 1.54) is 94.2 Å². The highest BCUT2D eigenvalue weighted by Gasteiger charge is 2.29. The number of rotatable bonds is 12. The molecule has 0 amide bonds. The lowest BCUT2D eigenvalue weighted by atomic mass is 9.76. The van der Waals surface area contributed by atoms with E-state index in [9.17, 15) is 4.39 Å². The van der Waals surface area contributed by atoms with Crippen molar-refractivity contribution in [3.8, 4) is 0 Å². The van der Waals surface area contributed by atoms with Gasteiger partial charge in [0, 0.05) is 5.56 Å². The molecule has 2 aliphatic carbocycles. The fraction of sp³-hybridized carbons (Fsp3) is 0.529. The van der Waals surface area contributed by atoms with Crippen LogP contribution < -0.4 is 0 Å². The lowest BCUT2D eigenvalue weighted by Crippen LogP contribution is -2.23. The summed E-state index contributed by atoms with van der Waals surface area (Å²) >= 11 is 6.96. The van der Waals surface area contributed by atoms with Gasteiger partial charge >= 0.3 is 0 Å². The van der Waals surface area contributed by atoms with Crippen LogP contribution in [-0.2, 0) is 12.8 Å². The molecule has 0 bridgehead atoms. The minimum atomic E-state index is -0.312. The Morgan fingerprint density at radius 2 is 1.50 bits per heavy atom. The zero-order valence-corrected chi connectivity index (χ0v) is 22.9. The summed E-state index contributed by atoms with van der Waals surface area (Å²) in [5.74, 6) is 1.51. The summed E-state index contributed by atoms with van der Waals surface area (Å²) in [6.07, 6.45) is 23.8. The van der Waals surface area contributed by atoms with Gasteiger partial charge in [-0.1, -0.05) is 113 Å². The first-order valence-corrected chi connectivity index (χ1v) is 14.8. The molecule has 0 aromatic heterocycles. The van der Waals surface area contributed by atoms with Crippen molar-refractivity contribution in [2.45, 2.75) is 102 Å². The molecule has 0 spiro atoms. The summed E-state index contributed by atoms with van der Waals surface area (Å²) in [6.45, 7) is 2.27. The van der Waals surface area contributed by atoms with Crippen LogP contribution in [0.15, 0.2) is 66.8 Å². The van der Waals surface area contributed by atoms with Crippen LogP contribution in [0.25, 0.3) is 5.57 Å².